The van der Waals surface area contributed by atoms with Crippen LogP contribution in [0.15, 0.2) is 28.8 Å². The van der Waals surface area contributed by atoms with Gasteiger partial charge in [-0.15, -0.1) is 0 Å². The van der Waals surface area contributed by atoms with Gasteiger partial charge in [0.1, 0.15) is 0 Å². The van der Waals surface area contributed by atoms with Gasteiger partial charge in [0, 0.05) is 23.0 Å². The van der Waals surface area contributed by atoms with Gasteiger partial charge in [-0.2, -0.15) is 4.98 Å². The molecule has 24 heavy (non-hydrogen) atoms. The number of hydrogen-bond acceptors (Lipinski definition) is 6. The van der Waals surface area contributed by atoms with E-state index in [4.69, 9.17) is 20.9 Å². The number of aromatic nitrogens is 2. The first-order valence-electron chi connectivity index (χ1n) is 7.47. The van der Waals surface area contributed by atoms with Crippen LogP contribution >= 0.6 is 11.6 Å². The molecule has 7 nitrogen and oxygen atoms in total. The van der Waals surface area contributed by atoms with E-state index in [1.807, 2.05) is 13.8 Å². The Morgan fingerprint density at radius 1 is 1.29 bits per heavy atom. The first kappa shape index (κ1) is 17.9. The normalized spacial score (nSPS) is 10.7. The Morgan fingerprint density at radius 3 is 2.67 bits per heavy atom. The largest absolute Gasteiger partial charge is 0.456 e. The highest BCUT2D eigenvalue weighted by molar-refractivity contribution is 6.30. The van der Waals surface area contributed by atoms with Crippen molar-refractivity contribution in [2.75, 3.05) is 6.61 Å². The highest BCUT2D eigenvalue weighted by Gasteiger charge is 2.13. The van der Waals surface area contributed by atoms with Crippen LogP contribution in [0, 0.1) is 0 Å². The van der Waals surface area contributed by atoms with Gasteiger partial charge in [0.25, 0.3) is 5.91 Å². The molecule has 0 aliphatic rings. The van der Waals surface area contributed by atoms with Crippen molar-refractivity contribution in [1.29, 1.82) is 0 Å². The molecular weight excluding hydrogens is 334 g/mol. The number of benzene rings is 1. The Balaban J connectivity index is 1.79. The summed E-state index contributed by atoms with van der Waals surface area (Å²) in [4.78, 5) is 27.2. The Kier molecular flexibility index (Phi) is 6.31. The van der Waals surface area contributed by atoms with Crippen LogP contribution in [-0.4, -0.2) is 34.7 Å². The van der Waals surface area contributed by atoms with Crippen molar-refractivity contribution in [3.8, 4) is 11.4 Å². The molecule has 0 fully saturated rings. The Hall–Kier alpha value is -2.41. The maximum absolute atomic E-state index is 11.6. The van der Waals surface area contributed by atoms with Gasteiger partial charge in [0.2, 0.25) is 11.7 Å². The van der Waals surface area contributed by atoms with Gasteiger partial charge in [-0.3, -0.25) is 9.59 Å². The summed E-state index contributed by atoms with van der Waals surface area (Å²) in [5.41, 5.74) is 0.766. The molecule has 128 valence electrons. The lowest BCUT2D eigenvalue weighted by molar-refractivity contribution is -0.148. The minimum atomic E-state index is -0.500. The van der Waals surface area contributed by atoms with E-state index < -0.39 is 5.97 Å². The summed E-state index contributed by atoms with van der Waals surface area (Å²) in [6.07, 6.45) is 0.294. The van der Waals surface area contributed by atoms with Gasteiger partial charge in [0.15, 0.2) is 6.61 Å². The van der Waals surface area contributed by atoms with Crippen molar-refractivity contribution in [1.82, 2.24) is 15.5 Å². The van der Waals surface area contributed by atoms with Gasteiger partial charge in [0.05, 0.1) is 6.42 Å². The maximum atomic E-state index is 11.6. The first-order valence-corrected chi connectivity index (χ1v) is 7.85. The molecule has 0 saturated heterocycles. The molecule has 0 aliphatic carbocycles. The molecule has 8 heteroatoms. The fourth-order valence-corrected chi connectivity index (χ4v) is 1.99. The summed E-state index contributed by atoms with van der Waals surface area (Å²) < 4.78 is 9.97. The number of amides is 1. The number of carbonyl (C=O) groups is 2. The van der Waals surface area contributed by atoms with Crippen molar-refractivity contribution >= 4 is 23.5 Å². The zero-order valence-corrected chi connectivity index (χ0v) is 14.2. The van der Waals surface area contributed by atoms with Gasteiger partial charge in [-0.25, -0.2) is 0 Å². The minimum absolute atomic E-state index is 0.000819. The van der Waals surface area contributed by atoms with E-state index >= 15 is 0 Å². The number of halogens is 1. The third-order valence-corrected chi connectivity index (χ3v) is 3.18. The van der Waals surface area contributed by atoms with E-state index in [1.165, 1.54) is 0 Å². The number of carbonyl (C=O) groups excluding carboxylic acids is 2. The highest BCUT2D eigenvalue weighted by atomic mass is 35.5. The summed E-state index contributed by atoms with van der Waals surface area (Å²) in [6.45, 7) is 3.36. The first-order chi connectivity index (χ1) is 11.4. The van der Waals surface area contributed by atoms with E-state index in [1.54, 1.807) is 24.3 Å². The second-order valence-electron chi connectivity index (χ2n) is 5.40. The number of ether oxygens (including phenoxy) is 1. The standard InChI is InChI=1S/C16H18ClN3O4/c1-10(2)18-13(21)9-23-15(22)8-7-14-19-16(20-24-14)11-3-5-12(17)6-4-11/h3-6,10H,7-9H2,1-2H3,(H,18,21). The van der Waals surface area contributed by atoms with E-state index in [0.717, 1.165) is 5.56 Å². The molecule has 0 saturated carbocycles. The summed E-state index contributed by atoms with van der Waals surface area (Å²) in [5, 5.41) is 7.10. The lowest BCUT2D eigenvalue weighted by Gasteiger charge is -2.08. The molecule has 1 N–H and O–H groups in total. The summed E-state index contributed by atoms with van der Waals surface area (Å²) in [5.74, 6) is -0.0869. The topological polar surface area (TPSA) is 94.3 Å². The van der Waals surface area contributed by atoms with Crippen molar-refractivity contribution < 1.29 is 18.8 Å². The third kappa shape index (κ3) is 5.66. The Bertz CT molecular complexity index is 698. The smallest absolute Gasteiger partial charge is 0.306 e. The summed E-state index contributed by atoms with van der Waals surface area (Å²) in [6, 6.07) is 7.01. The molecule has 1 amide bonds. The highest BCUT2D eigenvalue weighted by Crippen LogP contribution is 2.19. The second-order valence-corrected chi connectivity index (χ2v) is 5.84. The van der Waals surface area contributed by atoms with E-state index in [0.29, 0.717) is 16.7 Å². The number of aryl methyl sites for hydroxylation is 1. The minimum Gasteiger partial charge on any atom is -0.456 e. The number of nitrogens with one attached hydrogen (secondary N) is 1. The number of rotatable bonds is 7. The Labute approximate surface area is 144 Å². The van der Waals surface area contributed by atoms with Crippen LogP contribution < -0.4 is 5.32 Å². The van der Waals surface area contributed by atoms with Crippen LogP contribution in [0.5, 0.6) is 0 Å². The quantitative estimate of drug-likeness (QED) is 0.770. The maximum Gasteiger partial charge on any atom is 0.306 e. The lowest BCUT2D eigenvalue weighted by atomic mass is 10.2. The molecule has 1 heterocycles. The molecule has 0 atom stereocenters. The molecule has 0 radical (unpaired) electrons. The molecule has 1 aromatic heterocycles. The molecular formula is C16H18ClN3O4. The molecule has 0 unspecified atom stereocenters. The van der Waals surface area contributed by atoms with Crippen LogP contribution in [0.4, 0.5) is 0 Å². The molecule has 2 aromatic rings. The van der Waals surface area contributed by atoms with E-state index in [2.05, 4.69) is 15.5 Å². The summed E-state index contributed by atoms with van der Waals surface area (Å²) >= 11 is 5.82. The van der Waals surface area contributed by atoms with Crippen LogP contribution in [0.3, 0.4) is 0 Å². The van der Waals surface area contributed by atoms with Crippen molar-refractivity contribution in [2.24, 2.45) is 0 Å². The average Bonchev–Trinajstić information content (AvgIpc) is 3.00. The van der Waals surface area contributed by atoms with E-state index in [-0.39, 0.29) is 31.4 Å². The predicted octanol–water partition coefficient (Wildman–Crippen LogP) is 2.39. The second kappa shape index (κ2) is 8.44. The van der Waals surface area contributed by atoms with Crippen LogP contribution in [-0.2, 0) is 20.7 Å². The van der Waals surface area contributed by atoms with Gasteiger partial charge in [-0.1, -0.05) is 16.8 Å². The van der Waals surface area contributed by atoms with Crippen molar-refractivity contribution in [3.05, 3.63) is 35.2 Å². The molecule has 0 aliphatic heterocycles. The van der Waals surface area contributed by atoms with Gasteiger partial charge >= 0.3 is 5.97 Å². The molecule has 1 aromatic carbocycles. The van der Waals surface area contributed by atoms with Crippen LogP contribution in [0.25, 0.3) is 11.4 Å². The number of nitrogens with zero attached hydrogens (tertiary/aromatic N) is 2. The lowest BCUT2D eigenvalue weighted by Crippen LogP contribution is -2.34. The monoisotopic (exact) mass is 351 g/mol. The Morgan fingerprint density at radius 2 is 2.00 bits per heavy atom. The molecule has 0 spiro atoms. The van der Waals surface area contributed by atoms with Gasteiger partial charge in [-0.05, 0) is 38.1 Å². The zero-order chi connectivity index (χ0) is 17.5. The zero-order valence-electron chi connectivity index (χ0n) is 13.4. The summed E-state index contributed by atoms with van der Waals surface area (Å²) in [7, 11) is 0. The number of esters is 1. The predicted molar refractivity (Wildman–Crippen MR) is 87.3 cm³/mol. The third-order valence-electron chi connectivity index (χ3n) is 2.93. The fourth-order valence-electron chi connectivity index (χ4n) is 1.86. The molecule has 0 bridgehead atoms. The van der Waals surface area contributed by atoms with Crippen molar-refractivity contribution in [3.63, 3.8) is 0 Å². The van der Waals surface area contributed by atoms with E-state index in [9.17, 15) is 9.59 Å². The number of hydrogen-bond donors (Lipinski definition) is 1. The van der Waals surface area contributed by atoms with Crippen LogP contribution in [0.1, 0.15) is 26.2 Å². The molecule has 2 rings (SSSR count). The fraction of sp³-hybridized carbons (Fsp3) is 0.375. The van der Waals surface area contributed by atoms with Crippen LogP contribution in [0.2, 0.25) is 5.02 Å². The van der Waals surface area contributed by atoms with Crippen molar-refractivity contribution in [2.45, 2.75) is 32.7 Å². The average molecular weight is 352 g/mol. The SMILES string of the molecule is CC(C)NC(=O)COC(=O)CCc1nc(-c2ccc(Cl)cc2)no1. The van der Waals surface area contributed by atoms with Gasteiger partial charge < -0.3 is 14.6 Å².